The first-order valence-corrected chi connectivity index (χ1v) is 8.05. The Hall–Kier alpha value is -1.05. The molecular formula is C13H14ClFN2O2S2. The van der Waals surface area contributed by atoms with Crippen LogP contribution in [0.15, 0.2) is 18.2 Å². The maximum absolute atomic E-state index is 13.1. The second kappa shape index (κ2) is 7.29. The summed E-state index contributed by atoms with van der Waals surface area (Å²) in [5, 5.41) is 3.26. The third kappa shape index (κ3) is 4.21. The van der Waals surface area contributed by atoms with Gasteiger partial charge in [-0.2, -0.15) is 0 Å². The fourth-order valence-corrected chi connectivity index (χ4v) is 3.48. The molecule has 0 amide bonds. The molecule has 2 rings (SSSR count). The number of halogens is 2. The monoisotopic (exact) mass is 348 g/mol. The minimum Gasteiger partial charge on any atom is -0.468 e. The maximum Gasteiger partial charge on any atom is 0.320 e. The zero-order valence-electron chi connectivity index (χ0n) is 11.3. The molecule has 1 N–H and O–H groups in total. The van der Waals surface area contributed by atoms with E-state index in [-0.39, 0.29) is 16.2 Å². The van der Waals surface area contributed by atoms with Gasteiger partial charge in [-0.15, -0.1) is 11.8 Å². The summed E-state index contributed by atoms with van der Waals surface area (Å²) in [5.41, 5.74) is 0.610. The van der Waals surface area contributed by atoms with Gasteiger partial charge in [-0.1, -0.05) is 11.6 Å². The number of carbonyl (C=O) groups excluding carboxylic acids is 1. The van der Waals surface area contributed by atoms with E-state index in [0.717, 1.165) is 12.3 Å². The predicted molar refractivity (Wildman–Crippen MR) is 87.5 cm³/mol. The highest BCUT2D eigenvalue weighted by Gasteiger charge is 2.28. The number of hydrogen-bond donors (Lipinski definition) is 1. The number of ether oxygens (including phenoxy) is 1. The van der Waals surface area contributed by atoms with Crippen molar-refractivity contribution in [2.24, 2.45) is 0 Å². The van der Waals surface area contributed by atoms with Crippen LogP contribution in [0.1, 0.15) is 0 Å². The lowest BCUT2D eigenvalue weighted by molar-refractivity contribution is -0.140. The molecule has 1 aliphatic rings. The van der Waals surface area contributed by atoms with Crippen molar-refractivity contribution in [1.82, 2.24) is 4.90 Å². The average Bonchev–Trinajstić information content (AvgIpc) is 2.50. The van der Waals surface area contributed by atoms with E-state index in [1.54, 1.807) is 17.8 Å². The molecule has 0 spiro atoms. The zero-order chi connectivity index (χ0) is 15.4. The van der Waals surface area contributed by atoms with Gasteiger partial charge >= 0.3 is 5.97 Å². The van der Waals surface area contributed by atoms with Crippen molar-refractivity contribution < 1.29 is 13.9 Å². The number of anilines is 1. The Morgan fingerprint density at radius 1 is 1.62 bits per heavy atom. The molecule has 1 aromatic carbocycles. The Morgan fingerprint density at radius 2 is 2.38 bits per heavy atom. The number of methoxy groups -OCH3 is 1. The largest absolute Gasteiger partial charge is 0.468 e. The van der Waals surface area contributed by atoms with Gasteiger partial charge in [-0.25, -0.2) is 4.39 Å². The van der Waals surface area contributed by atoms with Crippen LogP contribution in [0.5, 0.6) is 0 Å². The highest BCUT2D eigenvalue weighted by molar-refractivity contribution is 8.00. The first-order chi connectivity index (χ1) is 10.0. The van der Waals surface area contributed by atoms with Crippen molar-refractivity contribution >= 4 is 52.3 Å². The minimum atomic E-state index is -0.478. The summed E-state index contributed by atoms with van der Waals surface area (Å²) in [7, 11) is 1.37. The average molecular weight is 349 g/mol. The standard InChI is InChI=1S/C13H14ClFN2O2S2/c1-19-12(18)11-7-17(4-5-21-11)13(20)16-8-2-3-10(15)9(14)6-8/h2-3,6,11H,4-5,7H2,1H3,(H,16,20)/t11-/m1/s1. The molecule has 0 bridgehead atoms. The number of benzene rings is 1. The number of thiocarbonyl (C=S) groups is 1. The summed E-state index contributed by atoms with van der Waals surface area (Å²) in [6.45, 7) is 1.22. The Kier molecular flexibility index (Phi) is 5.66. The van der Waals surface area contributed by atoms with Gasteiger partial charge in [0.2, 0.25) is 0 Å². The van der Waals surface area contributed by atoms with E-state index in [1.807, 2.05) is 4.90 Å². The van der Waals surface area contributed by atoms with Crippen LogP contribution in [0, 0.1) is 5.82 Å². The number of thioether (sulfide) groups is 1. The van der Waals surface area contributed by atoms with Gasteiger partial charge in [0.15, 0.2) is 5.11 Å². The van der Waals surface area contributed by atoms with Crippen molar-refractivity contribution in [3.8, 4) is 0 Å². The Bertz CT molecular complexity index is 559. The van der Waals surface area contributed by atoms with E-state index in [1.165, 1.54) is 19.2 Å². The van der Waals surface area contributed by atoms with Gasteiger partial charge in [0.05, 0.1) is 12.1 Å². The molecule has 1 heterocycles. The van der Waals surface area contributed by atoms with E-state index < -0.39 is 5.82 Å². The summed E-state index contributed by atoms with van der Waals surface area (Å²) in [5.74, 6) is 0.0526. The van der Waals surface area contributed by atoms with Crippen LogP contribution >= 0.6 is 35.6 Å². The van der Waals surface area contributed by atoms with Gasteiger partial charge in [0.25, 0.3) is 0 Å². The molecule has 4 nitrogen and oxygen atoms in total. The third-order valence-corrected chi connectivity index (χ3v) is 4.80. The van der Waals surface area contributed by atoms with Crippen LogP contribution in [0.25, 0.3) is 0 Å². The number of nitrogens with zero attached hydrogens (tertiary/aromatic N) is 1. The fraction of sp³-hybridized carbons (Fsp3) is 0.385. The molecule has 1 atom stereocenters. The summed E-state index contributed by atoms with van der Waals surface area (Å²) in [6.07, 6.45) is 0. The smallest absolute Gasteiger partial charge is 0.320 e. The molecule has 0 saturated carbocycles. The van der Waals surface area contributed by atoms with Crippen LogP contribution in [0.2, 0.25) is 5.02 Å². The van der Waals surface area contributed by atoms with Crippen molar-refractivity contribution in [2.45, 2.75) is 5.25 Å². The van der Waals surface area contributed by atoms with E-state index in [2.05, 4.69) is 5.32 Å². The van der Waals surface area contributed by atoms with Gasteiger partial charge in [0, 0.05) is 24.5 Å². The molecule has 1 fully saturated rings. The van der Waals surface area contributed by atoms with Crippen LogP contribution in [0.4, 0.5) is 10.1 Å². The van der Waals surface area contributed by atoms with Crippen molar-refractivity contribution in [2.75, 3.05) is 31.3 Å². The van der Waals surface area contributed by atoms with E-state index in [4.69, 9.17) is 28.6 Å². The van der Waals surface area contributed by atoms with Crippen molar-refractivity contribution in [3.05, 3.63) is 29.0 Å². The number of carbonyl (C=O) groups is 1. The number of esters is 1. The molecule has 21 heavy (non-hydrogen) atoms. The second-order valence-electron chi connectivity index (χ2n) is 4.39. The summed E-state index contributed by atoms with van der Waals surface area (Å²) < 4.78 is 17.9. The van der Waals surface area contributed by atoms with E-state index in [0.29, 0.717) is 17.3 Å². The minimum absolute atomic E-state index is 0.0319. The molecule has 0 aliphatic carbocycles. The lowest BCUT2D eigenvalue weighted by Gasteiger charge is -2.33. The molecule has 0 aromatic heterocycles. The maximum atomic E-state index is 13.1. The fourth-order valence-electron chi connectivity index (χ4n) is 1.88. The van der Waals surface area contributed by atoms with E-state index >= 15 is 0 Å². The lowest BCUT2D eigenvalue weighted by atomic mass is 10.3. The SMILES string of the molecule is COC(=O)[C@H]1CN(C(=S)Nc2ccc(F)c(Cl)c2)CCS1. The van der Waals surface area contributed by atoms with Crippen LogP contribution in [0.3, 0.4) is 0 Å². The van der Waals surface area contributed by atoms with Gasteiger partial charge in [-0.05, 0) is 30.4 Å². The first-order valence-electron chi connectivity index (χ1n) is 6.21. The lowest BCUT2D eigenvalue weighted by Crippen LogP contribution is -2.46. The van der Waals surface area contributed by atoms with E-state index in [9.17, 15) is 9.18 Å². The molecule has 0 radical (unpaired) electrons. The quantitative estimate of drug-likeness (QED) is 0.654. The molecule has 8 heteroatoms. The van der Waals surface area contributed by atoms with Crippen molar-refractivity contribution in [3.63, 3.8) is 0 Å². The first kappa shape index (κ1) is 16.3. The predicted octanol–water partition coefficient (Wildman–Crippen LogP) is 2.77. The summed E-state index contributed by atoms with van der Waals surface area (Å²) in [4.78, 5) is 13.5. The normalized spacial score (nSPS) is 18.2. The molecule has 1 saturated heterocycles. The van der Waals surface area contributed by atoms with Crippen LogP contribution in [-0.4, -0.2) is 47.2 Å². The number of rotatable bonds is 2. The highest BCUT2D eigenvalue weighted by atomic mass is 35.5. The van der Waals surface area contributed by atoms with Crippen molar-refractivity contribution in [1.29, 1.82) is 0 Å². The number of nitrogens with one attached hydrogen (secondary N) is 1. The van der Waals surface area contributed by atoms with Crippen LogP contribution in [-0.2, 0) is 9.53 Å². The van der Waals surface area contributed by atoms with Gasteiger partial charge < -0.3 is 15.0 Å². The van der Waals surface area contributed by atoms with Gasteiger partial charge in [-0.3, -0.25) is 4.79 Å². The Balaban J connectivity index is 1.99. The molecular weight excluding hydrogens is 335 g/mol. The highest BCUT2D eigenvalue weighted by Crippen LogP contribution is 2.22. The Labute approximate surface area is 137 Å². The third-order valence-electron chi connectivity index (χ3n) is 2.99. The summed E-state index contributed by atoms with van der Waals surface area (Å²) >= 11 is 12.6. The molecule has 1 aromatic rings. The number of hydrogen-bond acceptors (Lipinski definition) is 4. The molecule has 114 valence electrons. The van der Waals surface area contributed by atoms with Gasteiger partial charge in [0.1, 0.15) is 11.1 Å². The Morgan fingerprint density at radius 3 is 3.05 bits per heavy atom. The second-order valence-corrected chi connectivity index (χ2v) is 6.49. The molecule has 0 unspecified atom stereocenters. The summed E-state index contributed by atoms with van der Waals surface area (Å²) in [6, 6.07) is 4.31. The zero-order valence-corrected chi connectivity index (χ0v) is 13.7. The molecule has 1 aliphatic heterocycles. The van der Waals surface area contributed by atoms with Crippen LogP contribution < -0.4 is 5.32 Å². The topological polar surface area (TPSA) is 41.6 Å².